The maximum absolute atomic E-state index is 2.40. The number of hydrogen-bond acceptors (Lipinski definition) is 0. The number of quaternary nitrogens is 1. The Kier molecular flexibility index (Phi) is 11.1. The molecule has 0 spiro atoms. The zero-order valence-corrected chi connectivity index (χ0v) is 18.4. The van der Waals surface area contributed by atoms with Gasteiger partial charge in [0.25, 0.3) is 0 Å². The van der Waals surface area contributed by atoms with Gasteiger partial charge in [-0.25, -0.2) is 0 Å². The highest BCUT2D eigenvalue weighted by Gasteiger charge is 2.39. The predicted molar refractivity (Wildman–Crippen MR) is 120 cm³/mol. The molecule has 2 rings (SSSR count). The fourth-order valence-corrected chi connectivity index (χ4v) is 5.36. The molecule has 1 fully saturated rings. The van der Waals surface area contributed by atoms with Crippen LogP contribution in [0.3, 0.4) is 0 Å². The molecule has 0 saturated carbocycles. The Morgan fingerprint density at radius 3 is 1.74 bits per heavy atom. The lowest BCUT2D eigenvalue weighted by atomic mass is 9.99. The molecule has 0 aromatic heterocycles. The van der Waals surface area contributed by atoms with Crippen molar-refractivity contribution in [3.05, 3.63) is 35.9 Å². The van der Waals surface area contributed by atoms with Gasteiger partial charge >= 0.3 is 0 Å². The van der Waals surface area contributed by atoms with Gasteiger partial charge in [-0.05, 0) is 12.8 Å². The maximum atomic E-state index is 2.40. The SMILES string of the molecule is CCCCCCCCCCCCC[N+]1(C(CC)c2ccccc2)CCCC1. The highest BCUT2D eigenvalue weighted by molar-refractivity contribution is 5.17. The summed E-state index contributed by atoms with van der Waals surface area (Å²) >= 11 is 0. The highest BCUT2D eigenvalue weighted by atomic mass is 15.4. The molecule has 27 heavy (non-hydrogen) atoms. The molecule has 0 bridgehead atoms. The molecule has 0 N–H and O–H groups in total. The van der Waals surface area contributed by atoms with Gasteiger partial charge in [-0.1, -0.05) is 102 Å². The fraction of sp³-hybridized carbons (Fsp3) is 0.769. The molecule has 1 aromatic rings. The van der Waals surface area contributed by atoms with E-state index in [1.165, 1.54) is 114 Å². The zero-order chi connectivity index (χ0) is 19.2. The van der Waals surface area contributed by atoms with Crippen LogP contribution >= 0.6 is 0 Å². The van der Waals surface area contributed by atoms with E-state index in [-0.39, 0.29) is 0 Å². The second-order valence-corrected chi connectivity index (χ2v) is 8.97. The summed E-state index contributed by atoms with van der Waals surface area (Å²) in [5.74, 6) is 0. The summed E-state index contributed by atoms with van der Waals surface area (Å²) in [6.07, 6.45) is 20.1. The summed E-state index contributed by atoms with van der Waals surface area (Å²) in [5, 5.41) is 0. The largest absolute Gasteiger partial charge is 0.317 e. The van der Waals surface area contributed by atoms with Crippen LogP contribution in [-0.2, 0) is 0 Å². The number of benzene rings is 1. The van der Waals surface area contributed by atoms with Crippen molar-refractivity contribution in [3.63, 3.8) is 0 Å². The van der Waals surface area contributed by atoms with Crippen LogP contribution in [-0.4, -0.2) is 24.1 Å². The third-order valence-corrected chi connectivity index (χ3v) is 6.90. The van der Waals surface area contributed by atoms with Crippen molar-refractivity contribution < 1.29 is 4.48 Å². The van der Waals surface area contributed by atoms with Gasteiger partial charge in [0.2, 0.25) is 0 Å². The van der Waals surface area contributed by atoms with Gasteiger partial charge in [0.15, 0.2) is 0 Å². The van der Waals surface area contributed by atoms with Crippen molar-refractivity contribution in [1.29, 1.82) is 0 Å². The van der Waals surface area contributed by atoms with Gasteiger partial charge in [-0.15, -0.1) is 0 Å². The molecule has 1 nitrogen and oxygen atoms in total. The monoisotopic (exact) mass is 372 g/mol. The molecular formula is C26H46N+. The zero-order valence-electron chi connectivity index (χ0n) is 18.4. The second-order valence-electron chi connectivity index (χ2n) is 8.97. The molecule has 1 aliphatic rings. The lowest BCUT2D eigenvalue weighted by molar-refractivity contribution is -0.946. The number of unbranched alkanes of at least 4 members (excludes halogenated alkanes) is 10. The lowest BCUT2D eigenvalue weighted by Crippen LogP contribution is -2.48. The van der Waals surface area contributed by atoms with Crippen molar-refractivity contribution in [2.24, 2.45) is 0 Å². The summed E-state index contributed by atoms with van der Waals surface area (Å²) in [5.41, 5.74) is 1.57. The third kappa shape index (κ3) is 7.60. The minimum absolute atomic E-state index is 0.719. The molecule has 0 aliphatic carbocycles. The molecule has 0 radical (unpaired) electrons. The minimum Gasteiger partial charge on any atom is -0.317 e. The van der Waals surface area contributed by atoms with Crippen molar-refractivity contribution in [2.75, 3.05) is 19.6 Å². The second kappa shape index (κ2) is 13.4. The predicted octanol–water partition coefficient (Wildman–Crippen LogP) is 8.06. The Hall–Kier alpha value is -0.820. The van der Waals surface area contributed by atoms with Gasteiger partial charge in [0.05, 0.1) is 19.6 Å². The molecular weight excluding hydrogens is 326 g/mol. The standard InChI is InChI=1S/C26H46N/c1-3-5-6-7-8-9-10-11-12-13-17-22-27(23-18-19-24-27)26(4-2)25-20-15-14-16-21-25/h14-16,20-21,26H,3-13,17-19,22-24H2,1-2H3/q+1. The molecule has 0 amide bonds. The first-order chi connectivity index (χ1) is 13.3. The van der Waals surface area contributed by atoms with E-state index in [4.69, 9.17) is 0 Å². The van der Waals surface area contributed by atoms with Crippen LogP contribution in [0, 0.1) is 0 Å². The van der Waals surface area contributed by atoms with Gasteiger partial charge in [-0.3, -0.25) is 0 Å². The Labute approximate surface area is 170 Å². The lowest BCUT2D eigenvalue weighted by Gasteiger charge is -2.42. The third-order valence-electron chi connectivity index (χ3n) is 6.90. The molecule has 1 atom stereocenters. The summed E-state index contributed by atoms with van der Waals surface area (Å²) in [4.78, 5) is 0. The molecule has 1 aliphatic heterocycles. The average Bonchev–Trinajstić information content (AvgIpc) is 3.17. The molecule has 1 saturated heterocycles. The number of likely N-dealkylation sites (tertiary alicyclic amines) is 1. The maximum Gasteiger partial charge on any atom is 0.114 e. The van der Waals surface area contributed by atoms with Crippen molar-refractivity contribution in [1.82, 2.24) is 0 Å². The van der Waals surface area contributed by atoms with Crippen molar-refractivity contribution >= 4 is 0 Å². The topological polar surface area (TPSA) is 0 Å². The summed E-state index contributed by atoms with van der Waals surface area (Å²) in [7, 11) is 0. The van der Waals surface area contributed by atoms with Crippen molar-refractivity contribution in [2.45, 2.75) is 110 Å². The first kappa shape index (κ1) is 22.5. The Bertz CT molecular complexity index is 460. The molecule has 1 unspecified atom stereocenters. The van der Waals surface area contributed by atoms with Crippen LogP contribution in [0.25, 0.3) is 0 Å². The van der Waals surface area contributed by atoms with E-state index in [0.717, 1.165) is 6.04 Å². The van der Waals surface area contributed by atoms with Gasteiger partial charge in [-0.2, -0.15) is 0 Å². The van der Waals surface area contributed by atoms with E-state index in [1.54, 1.807) is 5.56 Å². The van der Waals surface area contributed by atoms with Crippen LogP contribution in [0.15, 0.2) is 30.3 Å². The molecule has 1 heterocycles. The van der Waals surface area contributed by atoms with Gasteiger partial charge in [0.1, 0.15) is 6.04 Å². The number of rotatable bonds is 15. The van der Waals surface area contributed by atoms with Gasteiger partial charge < -0.3 is 4.48 Å². The molecule has 154 valence electrons. The van der Waals surface area contributed by atoms with E-state index in [1.807, 2.05) is 0 Å². The van der Waals surface area contributed by atoms with Crippen LogP contribution in [0.5, 0.6) is 0 Å². The number of hydrogen-bond donors (Lipinski definition) is 0. The van der Waals surface area contributed by atoms with Crippen LogP contribution in [0.4, 0.5) is 0 Å². The van der Waals surface area contributed by atoms with Gasteiger partial charge in [0, 0.05) is 24.8 Å². The van der Waals surface area contributed by atoms with E-state index >= 15 is 0 Å². The van der Waals surface area contributed by atoms with Crippen LogP contribution < -0.4 is 0 Å². The Morgan fingerprint density at radius 2 is 1.22 bits per heavy atom. The number of nitrogens with zero attached hydrogens (tertiary/aromatic N) is 1. The van der Waals surface area contributed by atoms with E-state index in [0.29, 0.717) is 0 Å². The van der Waals surface area contributed by atoms with Crippen LogP contribution in [0.2, 0.25) is 0 Å². The first-order valence-electron chi connectivity index (χ1n) is 12.2. The van der Waals surface area contributed by atoms with Crippen LogP contribution in [0.1, 0.15) is 115 Å². The summed E-state index contributed by atoms with van der Waals surface area (Å²) in [6.45, 7) is 8.92. The fourth-order valence-electron chi connectivity index (χ4n) is 5.36. The first-order valence-corrected chi connectivity index (χ1v) is 12.2. The van der Waals surface area contributed by atoms with E-state index < -0.39 is 0 Å². The smallest absolute Gasteiger partial charge is 0.114 e. The highest BCUT2D eigenvalue weighted by Crippen LogP contribution is 2.36. The molecule has 1 heteroatoms. The van der Waals surface area contributed by atoms with E-state index in [2.05, 4.69) is 44.2 Å². The quantitative estimate of drug-likeness (QED) is 0.216. The Morgan fingerprint density at radius 1 is 0.704 bits per heavy atom. The van der Waals surface area contributed by atoms with E-state index in [9.17, 15) is 0 Å². The average molecular weight is 373 g/mol. The van der Waals surface area contributed by atoms with Crippen molar-refractivity contribution in [3.8, 4) is 0 Å². The normalized spacial score (nSPS) is 17.3. The molecule has 1 aromatic carbocycles. The summed E-state index contributed by atoms with van der Waals surface area (Å²) < 4.78 is 1.37. The minimum atomic E-state index is 0.719. The Balaban J connectivity index is 1.66. The summed E-state index contributed by atoms with van der Waals surface area (Å²) in [6, 6.07) is 12.1.